The predicted octanol–water partition coefficient (Wildman–Crippen LogP) is 2.11. The number of aryl methyl sites for hydroxylation is 2. The van der Waals surface area contributed by atoms with Crippen LogP contribution in [-0.2, 0) is 0 Å². The molecule has 0 aliphatic rings. The van der Waals surface area contributed by atoms with E-state index in [1.54, 1.807) is 13.1 Å². The standard InChI is InChI=1S/C12H11N3O3S/c1-6-5-13-12(19-6)15-10(16)9-4-3-8(11(17)18)7(2)14-9/h3-5H,1-2H3,(H,17,18)(H,13,15,16). The minimum absolute atomic E-state index is 0.0849. The van der Waals surface area contributed by atoms with Crippen molar-refractivity contribution in [1.29, 1.82) is 0 Å². The zero-order valence-corrected chi connectivity index (χ0v) is 11.1. The van der Waals surface area contributed by atoms with Gasteiger partial charge in [-0.15, -0.1) is 11.3 Å². The molecular formula is C12H11N3O3S. The molecule has 0 radical (unpaired) electrons. The summed E-state index contributed by atoms with van der Waals surface area (Å²) in [4.78, 5) is 31.7. The van der Waals surface area contributed by atoms with Crippen LogP contribution in [0.1, 0.15) is 31.4 Å². The zero-order chi connectivity index (χ0) is 14.0. The SMILES string of the molecule is Cc1cnc(NC(=O)c2ccc(C(=O)O)c(C)n2)s1. The van der Waals surface area contributed by atoms with E-state index in [-0.39, 0.29) is 11.3 Å². The molecule has 0 atom stereocenters. The average molecular weight is 277 g/mol. The Kier molecular flexibility index (Phi) is 3.57. The summed E-state index contributed by atoms with van der Waals surface area (Å²) in [6, 6.07) is 2.75. The van der Waals surface area contributed by atoms with E-state index in [0.717, 1.165) is 4.88 Å². The fraction of sp³-hybridized carbons (Fsp3) is 0.167. The van der Waals surface area contributed by atoms with Crippen molar-refractivity contribution in [3.63, 3.8) is 0 Å². The van der Waals surface area contributed by atoms with Gasteiger partial charge in [0.2, 0.25) is 0 Å². The Labute approximate surface area is 113 Å². The second-order valence-electron chi connectivity index (χ2n) is 3.86. The molecule has 0 unspecified atom stereocenters. The van der Waals surface area contributed by atoms with E-state index in [2.05, 4.69) is 15.3 Å². The molecule has 0 aromatic carbocycles. The number of amides is 1. The number of carbonyl (C=O) groups is 2. The van der Waals surface area contributed by atoms with E-state index in [1.165, 1.54) is 23.5 Å². The number of carboxylic acid groups (broad SMARTS) is 1. The number of anilines is 1. The van der Waals surface area contributed by atoms with E-state index >= 15 is 0 Å². The minimum atomic E-state index is -1.06. The highest BCUT2D eigenvalue weighted by atomic mass is 32.1. The number of aromatic carboxylic acids is 1. The lowest BCUT2D eigenvalue weighted by Gasteiger charge is -2.04. The smallest absolute Gasteiger partial charge is 0.337 e. The highest BCUT2D eigenvalue weighted by Crippen LogP contribution is 2.17. The third-order valence-electron chi connectivity index (χ3n) is 2.39. The van der Waals surface area contributed by atoms with Crippen molar-refractivity contribution in [2.45, 2.75) is 13.8 Å². The molecule has 2 rings (SSSR count). The summed E-state index contributed by atoms with van der Waals surface area (Å²) in [5.41, 5.74) is 0.549. The van der Waals surface area contributed by atoms with Crippen molar-refractivity contribution in [1.82, 2.24) is 9.97 Å². The fourth-order valence-electron chi connectivity index (χ4n) is 1.49. The van der Waals surface area contributed by atoms with Gasteiger partial charge in [0.1, 0.15) is 5.69 Å². The summed E-state index contributed by atoms with van der Waals surface area (Å²) in [6.45, 7) is 3.44. The van der Waals surface area contributed by atoms with Crippen LogP contribution in [0, 0.1) is 13.8 Å². The number of nitrogens with zero attached hydrogens (tertiary/aromatic N) is 2. The fourth-order valence-corrected chi connectivity index (χ4v) is 2.15. The molecule has 6 nitrogen and oxygen atoms in total. The predicted molar refractivity (Wildman–Crippen MR) is 70.7 cm³/mol. The van der Waals surface area contributed by atoms with Crippen LogP contribution in [-0.4, -0.2) is 27.0 Å². The molecule has 2 aromatic rings. The van der Waals surface area contributed by atoms with E-state index in [1.807, 2.05) is 6.92 Å². The van der Waals surface area contributed by atoms with E-state index in [9.17, 15) is 9.59 Å². The van der Waals surface area contributed by atoms with Crippen LogP contribution in [0.4, 0.5) is 5.13 Å². The molecule has 7 heteroatoms. The normalized spacial score (nSPS) is 10.2. The van der Waals surface area contributed by atoms with Gasteiger partial charge in [-0.2, -0.15) is 0 Å². The van der Waals surface area contributed by atoms with Crippen molar-refractivity contribution in [3.8, 4) is 0 Å². The molecule has 19 heavy (non-hydrogen) atoms. The van der Waals surface area contributed by atoms with Gasteiger partial charge in [0.05, 0.1) is 11.3 Å². The Morgan fingerprint density at radius 2 is 2.05 bits per heavy atom. The van der Waals surface area contributed by atoms with Gasteiger partial charge in [0.25, 0.3) is 5.91 Å². The van der Waals surface area contributed by atoms with Gasteiger partial charge < -0.3 is 5.11 Å². The monoisotopic (exact) mass is 277 g/mol. The van der Waals surface area contributed by atoms with Crippen LogP contribution in [0.3, 0.4) is 0 Å². The number of pyridine rings is 1. The molecule has 0 aliphatic carbocycles. The Morgan fingerprint density at radius 1 is 1.32 bits per heavy atom. The third-order valence-corrected chi connectivity index (χ3v) is 3.22. The van der Waals surface area contributed by atoms with Crippen molar-refractivity contribution < 1.29 is 14.7 Å². The van der Waals surface area contributed by atoms with Crippen LogP contribution in [0.5, 0.6) is 0 Å². The molecule has 0 fully saturated rings. The summed E-state index contributed by atoms with van der Waals surface area (Å²) in [6.07, 6.45) is 1.66. The minimum Gasteiger partial charge on any atom is -0.478 e. The van der Waals surface area contributed by atoms with Crippen molar-refractivity contribution in [2.24, 2.45) is 0 Å². The van der Waals surface area contributed by atoms with Gasteiger partial charge >= 0.3 is 5.97 Å². The summed E-state index contributed by atoms with van der Waals surface area (Å²) in [5.74, 6) is -1.47. The van der Waals surface area contributed by atoms with E-state index < -0.39 is 11.9 Å². The maximum Gasteiger partial charge on any atom is 0.337 e. The van der Waals surface area contributed by atoms with Crippen LogP contribution in [0.25, 0.3) is 0 Å². The molecule has 2 N–H and O–H groups in total. The summed E-state index contributed by atoms with van der Waals surface area (Å²) in [7, 11) is 0. The molecule has 0 bridgehead atoms. The van der Waals surface area contributed by atoms with E-state index in [0.29, 0.717) is 10.8 Å². The molecule has 98 valence electrons. The molecule has 1 amide bonds. The second kappa shape index (κ2) is 5.15. The number of aromatic nitrogens is 2. The number of hydrogen-bond donors (Lipinski definition) is 2. The van der Waals surface area contributed by atoms with Gasteiger partial charge in [-0.3, -0.25) is 10.1 Å². The average Bonchev–Trinajstić information content (AvgIpc) is 2.74. The number of thiazole rings is 1. The molecule has 0 saturated heterocycles. The lowest BCUT2D eigenvalue weighted by molar-refractivity contribution is 0.0695. The Hall–Kier alpha value is -2.28. The summed E-state index contributed by atoms with van der Waals surface area (Å²) in [5, 5.41) is 12.0. The maximum atomic E-state index is 11.9. The first-order valence-corrected chi connectivity index (χ1v) is 6.23. The highest BCUT2D eigenvalue weighted by Gasteiger charge is 2.14. The number of carbonyl (C=O) groups excluding carboxylic acids is 1. The largest absolute Gasteiger partial charge is 0.478 e. The van der Waals surface area contributed by atoms with Gasteiger partial charge in [-0.05, 0) is 26.0 Å². The molecule has 2 heterocycles. The Bertz CT molecular complexity index is 651. The highest BCUT2D eigenvalue weighted by molar-refractivity contribution is 7.15. The molecule has 0 saturated carbocycles. The molecular weight excluding hydrogens is 266 g/mol. The first-order chi connectivity index (χ1) is 8.97. The number of carboxylic acids is 1. The van der Waals surface area contributed by atoms with Crippen molar-refractivity contribution >= 4 is 28.3 Å². The number of rotatable bonds is 3. The number of nitrogens with one attached hydrogen (secondary N) is 1. The lowest BCUT2D eigenvalue weighted by Crippen LogP contribution is -2.15. The maximum absolute atomic E-state index is 11.9. The van der Waals surface area contributed by atoms with Crippen LogP contribution < -0.4 is 5.32 Å². The van der Waals surface area contributed by atoms with Crippen LogP contribution >= 0.6 is 11.3 Å². The Morgan fingerprint density at radius 3 is 2.58 bits per heavy atom. The first kappa shape index (κ1) is 13.2. The topological polar surface area (TPSA) is 92.2 Å². The van der Waals surface area contributed by atoms with Crippen LogP contribution in [0.15, 0.2) is 18.3 Å². The molecule has 0 aliphatic heterocycles. The van der Waals surface area contributed by atoms with Crippen LogP contribution in [0.2, 0.25) is 0 Å². The van der Waals surface area contributed by atoms with Gasteiger partial charge in [0.15, 0.2) is 5.13 Å². The Balaban J connectivity index is 2.20. The third kappa shape index (κ3) is 2.94. The van der Waals surface area contributed by atoms with Gasteiger partial charge in [-0.1, -0.05) is 0 Å². The quantitative estimate of drug-likeness (QED) is 0.896. The summed E-state index contributed by atoms with van der Waals surface area (Å²) >= 11 is 1.36. The lowest BCUT2D eigenvalue weighted by atomic mass is 10.2. The molecule has 0 spiro atoms. The second-order valence-corrected chi connectivity index (χ2v) is 5.10. The zero-order valence-electron chi connectivity index (χ0n) is 10.3. The van der Waals surface area contributed by atoms with Crippen molar-refractivity contribution in [3.05, 3.63) is 40.2 Å². The van der Waals surface area contributed by atoms with Gasteiger partial charge in [-0.25, -0.2) is 14.8 Å². The first-order valence-electron chi connectivity index (χ1n) is 5.42. The van der Waals surface area contributed by atoms with Gasteiger partial charge in [0, 0.05) is 11.1 Å². The van der Waals surface area contributed by atoms with Crippen molar-refractivity contribution in [2.75, 3.05) is 5.32 Å². The van der Waals surface area contributed by atoms with E-state index in [4.69, 9.17) is 5.11 Å². The number of hydrogen-bond acceptors (Lipinski definition) is 5. The molecule has 2 aromatic heterocycles. The summed E-state index contributed by atoms with van der Waals surface area (Å²) < 4.78 is 0.